The average Bonchev–Trinajstić information content (AvgIpc) is 3.44. The van der Waals surface area contributed by atoms with Gasteiger partial charge in [-0.25, -0.2) is 9.59 Å². The predicted octanol–water partition coefficient (Wildman–Crippen LogP) is 4.98. The molecule has 0 radical (unpaired) electrons. The number of hydrogen-bond donors (Lipinski definition) is 4. The number of rotatable bonds is 19. The van der Waals surface area contributed by atoms with Crippen molar-refractivity contribution in [2.75, 3.05) is 23.5 Å². The Kier molecular flexibility index (Phi) is 15.7. The molecule has 2 amide bonds. The molecule has 0 spiro atoms. The second-order valence-corrected chi connectivity index (χ2v) is 14.8. The molecule has 1 saturated carbocycles. The van der Waals surface area contributed by atoms with Gasteiger partial charge in [-0.05, 0) is 36.8 Å². The molecule has 246 valence electrons. The first-order valence-corrected chi connectivity index (χ1v) is 18.4. The number of ether oxygens (including phenoxy) is 2. The van der Waals surface area contributed by atoms with Crippen LogP contribution in [0.1, 0.15) is 64.9 Å². The molecule has 0 aliphatic heterocycles. The van der Waals surface area contributed by atoms with Crippen molar-refractivity contribution in [1.29, 1.82) is 0 Å². The Morgan fingerprint density at radius 1 is 1.00 bits per heavy atom. The maximum Gasteiger partial charge on any atom is 0.410 e. The molecule has 0 heterocycles. The zero-order chi connectivity index (χ0) is 32.8. The Morgan fingerprint density at radius 2 is 1.66 bits per heavy atom. The van der Waals surface area contributed by atoms with Crippen LogP contribution >= 0.6 is 33.3 Å². The van der Waals surface area contributed by atoms with Gasteiger partial charge in [-0.2, -0.15) is 11.8 Å². The molecule has 1 fully saturated rings. The van der Waals surface area contributed by atoms with Gasteiger partial charge >= 0.3 is 24.0 Å². The number of thioether (sulfide) groups is 1. The van der Waals surface area contributed by atoms with Crippen molar-refractivity contribution in [3.8, 4) is 0 Å². The zero-order valence-electron chi connectivity index (χ0n) is 25.7. The highest BCUT2D eigenvalue weighted by Gasteiger charge is 2.48. The van der Waals surface area contributed by atoms with Gasteiger partial charge < -0.3 is 30.3 Å². The molecule has 1 aliphatic carbocycles. The van der Waals surface area contributed by atoms with Crippen molar-refractivity contribution >= 4 is 63.3 Å². The van der Waals surface area contributed by atoms with Crippen molar-refractivity contribution < 1.29 is 43.7 Å². The molecule has 1 aliphatic rings. The monoisotopic (exact) mass is 672 g/mol. The van der Waals surface area contributed by atoms with Crippen LogP contribution in [0, 0.1) is 11.3 Å². The van der Waals surface area contributed by atoms with Crippen molar-refractivity contribution in [3.63, 3.8) is 0 Å². The van der Waals surface area contributed by atoms with Crippen LogP contribution in [0.5, 0.6) is 0 Å². The van der Waals surface area contributed by atoms with Crippen molar-refractivity contribution in [2.24, 2.45) is 11.3 Å². The quantitative estimate of drug-likeness (QED) is 0.0675. The fourth-order valence-corrected chi connectivity index (χ4v) is 8.28. The lowest BCUT2D eigenvalue weighted by Crippen LogP contribution is -2.60. The Labute approximate surface area is 271 Å². The van der Waals surface area contributed by atoms with E-state index in [1.807, 2.05) is 6.26 Å². The fourth-order valence-electron chi connectivity index (χ4n) is 4.81. The Balaban J connectivity index is 2.05. The van der Waals surface area contributed by atoms with E-state index in [9.17, 15) is 34.2 Å². The molecule has 11 nitrogen and oxygen atoms in total. The number of hydrogen-bond acceptors (Lipinski definition) is 10. The summed E-state index contributed by atoms with van der Waals surface area (Å²) in [6.45, 7) is 4.85. The minimum absolute atomic E-state index is 0.159. The maximum absolute atomic E-state index is 13.8. The third-order valence-electron chi connectivity index (χ3n) is 7.31. The molecular formula is C30H44N2O9S3. The first-order valence-electron chi connectivity index (χ1n) is 14.5. The Bertz CT molecular complexity index is 1120. The van der Waals surface area contributed by atoms with Crippen LogP contribution in [0.25, 0.3) is 0 Å². The normalized spacial score (nSPS) is 16.8. The van der Waals surface area contributed by atoms with Crippen molar-refractivity contribution in [1.82, 2.24) is 10.6 Å². The van der Waals surface area contributed by atoms with E-state index in [0.29, 0.717) is 36.3 Å². The highest BCUT2D eigenvalue weighted by Crippen LogP contribution is 2.44. The third kappa shape index (κ3) is 12.1. The lowest BCUT2D eigenvalue weighted by molar-refractivity contribution is -0.168. The van der Waals surface area contributed by atoms with E-state index in [1.165, 1.54) is 28.5 Å². The van der Waals surface area contributed by atoms with E-state index in [1.54, 1.807) is 55.9 Å². The molecule has 44 heavy (non-hydrogen) atoms. The summed E-state index contributed by atoms with van der Waals surface area (Å²) in [5.74, 6) is -2.26. The zero-order valence-corrected chi connectivity index (χ0v) is 28.1. The van der Waals surface area contributed by atoms with E-state index < -0.39 is 53.6 Å². The SMILES string of the molecule is CSCCC(CSSCC1(C(=O)NC(CC(=O)O)(Cc2ccccc2)C(=O)O)CCCC1)NC(=O)OC(C)OC(=O)C(C)C. The standard InChI is InChI=1S/C30H44N2O9S3/c1-20(2)25(35)40-21(3)41-28(39)31-23(12-15-42-4)18-43-44-19-29(13-8-9-14-29)26(36)32-30(27(37)38,17-24(33)34)16-22-10-6-5-7-11-22/h5-7,10-11,20-21,23H,8-9,12-19H2,1-4H3,(H,31,39)(H,32,36)(H,33,34)(H,37,38). The molecule has 1 aromatic carbocycles. The van der Waals surface area contributed by atoms with Gasteiger partial charge in [0.05, 0.1) is 17.8 Å². The minimum Gasteiger partial charge on any atom is -0.481 e. The summed E-state index contributed by atoms with van der Waals surface area (Å²) in [6, 6.07) is 8.42. The number of esters is 1. The van der Waals surface area contributed by atoms with Gasteiger partial charge in [-0.15, -0.1) is 0 Å². The summed E-state index contributed by atoms with van der Waals surface area (Å²) in [7, 11) is 2.96. The lowest BCUT2D eigenvalue weighted by Gasteiger charge is -2.35. The molecule has 2 rings (SSSR count). The maximum atomic E-state index is 13.8. The molecule has 0 aromatic heterocycles. The smallest absolute Gasteiger partial charge is 0.410 e. The summed E-state index contributed by atoms with van der Waals surface area (Å²) in [5, 5.41) is 25.3. The van der Waals surface area contributed by atoms with E-state index in [-0.39, 0.29) is 18.4 Å². The van der Waals surface area contributed by atoms with Crippen molar-refractivity contribution in [3.05, 3.63) is 35.9 Å². The summed E-state index contributed by atoms with van der Waals surface area (Å²) in [4.78, 5) is 62.3. The largest absolute Gasteiger partial charge is 0.481 e. The molecule has 3 atom stereocenters. The number of alkyl carbamates (subject to hydrolysis) is 1. The van der Waals surface area contributed by atoms with Crippen molar-refractivity contribution in [2.45, 2.75) is 83.6 Å². The van der Waals surface area contributed by atoms with E-state index in [0.717, 1.165) is 18.6 Å². The Hall–Kier alpha value is -2.58. The van der Waals surface area contributed by atoms with Gasteiger partial charge in [0.2, 0.25) is 12.2 Å². The topological polar surface area (TPSA) is 168 Å². The number of aliphatic carboxylic acids is 2. The van der Waals surface area contributed by atoms with Gasteiger partial charge in [0.1, 0.15) is 0 Å². The number of benzene rings is 1. The second-order valence-electron chi connectivity index (χ2n) is 11.3. The second kappa shape index (κ2) is 18.4. The molecule has 14 heteroatoms. The highest BCUT2D eigenvalue weighted by atomic mass is 33.1. The van der Waals surface area contributed by atoms with E-state index in [2.05, 4.69) is 10.6 Å². The van der Waals surface area contributed by atoms with Gasteiger partial charge in [0.15, 0.2) is 5.54 Å². The third-order valence-corrected chi connectivity index (χ3v) is 10.6. The van der Waals surface area contributed by atoms with Gasteiger partial charge in [-0.3, -0.25) is 14.4 Å². The van der Waals surface area contributed by atoms with Crippen LogP contribution < -0.4 is 10.6 Å². The number of nitrogens with one attached hydrogen (secondary N) is 2. The molecule has 0 saturated heterocycles. The first kappa shape index (κ1) is 37.6. The highest BCUT2D eigenvalue weighted by molar-refractivity contribution is 8.76. The molecular weight excluding hydrogens is 629 g/mol. The molecule has 1 aromatic rings. The van der Waals surface area contributed by atoms with Gasteiger partial charge in [-0.1, -0.05) is 78.6 Å². The summed E-state index contributed by atoms with van der Waals surface area (Å²) >= 11 is 1.64. The summed E-state index contributed by atoms with van der Waals surface area (Å²) in [5.41, 5.74) is -2.23. The number of carboxylic acid groups (broad SMARTS) is 2. The lowest BCUT2D eigenvalue weighted by atomic mass is 9.82. The number of carbonyl (C=O) groups excluding carboxylic acids is 3. The van der Waals surface area contributed by atoms with E-state index >= 15 is 0 Å². The fraction of sp³-hybridized carbons (Fsp3) is 0.633. The minimum atomic E-state index is -1.99. The predicted molar refractivity (Wildman–Crippen MR) is 174 cm³/mol. The molecule has 0 bridgehead atoms. The van der Waals surface area contributed by atoms with Crippen LogP contribution in [0.15, 0.2) is 30.3 Å². The van der Waals surface area contributed by atoms with Gasteiger partial charge in [0, 0.05) is 30.9 Å². The van der Waals surface area contributed by atoms with Crippen LogP contribution in [0.2, 0.25) is 0 Å². The number of amides is 2. The van der Waals surface area contributed by atoms with Crippen LogP contribution in [-0.4, -0.2) is 81.5 Å². The van der Waals surface area contributed by atoms with Crippen LogP contribution in [0.3, 0.4) is 0 Å². The van der Waals surface area contributed by atoms with Crippen LogP contribution in [0.4, 0.5) is 4.79 Å². The number of carbonyl (C=O) groups is 5. The average molecular weight is 673 g/mol. The van der Waals surface area contributed by atoms with E-state index in [4.69, 9.17) is 9.47 Å². The summed E-state index contributed by atoms with van der Waals surface area (Å²) < 4.78 is 10.3. The summed E-state index contributed by atoms with van der Waals surface area (Å²) in [6.07, 6.45) is 2.73. The van der Waals surface area contributed by atoms with Crippen LogP contribution in [-0.2, 0) is 35.1 Å². The Morgan fingerprint density at radius 3 is 2.23 bits per heavy atom. The first-order chi connectivity index (χ1) is 20.8. The number of carboxylic acids is 2. The molecule has 3 unspecified atom stereocenters. The van der Waals surface area contributed by atoms with Gasteiger partial charge in [0.25, 0.3) is 0 Å². The molecule has 4 N–H and O–H groups in total.